The topological polar surface area (TPSA) is 12.0 Å². The van der Waals surface area contributed by atoms with Crippen molar-refractivity contribution in [3.8, 4) is 0 Å². The SMILES string of the molecule is Clc1ccc2c(c1)[C@@H]1C=CC[C@@H]1[C@H](c1c3ccccc3cc3ccccc13)N2. The van der Waals surface area contributed by atoms with Gasteiger partial charge in [0.25, 0.3) is 0 Å². The summed E-state index contributed by atoms with van der Waals surface area (Å²) in [6, 6.07) is 26.4. The molecule has 0 amide bonds. The van der Waals surface area contributed by atoms with E-state index in [2.05, 4.69) is 84.2 Å². The van der Waals surface area contributed by atoms with Gasteiger partial charge in [-0.15, -0.1) is 0 Å². The summed E-state index contributed by atoms with van der Waals surface area (Å²) in [4.78, 5) is 0. The van der Waals surface area contributed by atoms with Crippen LogP contribution in [0.1, 0.15) is 29.5 Å². The Morgan fingerprint density at radius 3 is 2.29 bits per heavy atom. The maximum absolute atomic E-state index is 6.32. The molecule has 4 aromatic rings. The fourth-order valence-corrected chi connectivity index (χ4v) is 5.42. The molecule has 2 heteroatoms. The molecule has 1 heterocycles. The van der Waals surface area contributed by atoms with E-state index in [1.165, 1.54) is 38.4 Å². The van der Waals surface area contributed by atoms with Gasteiger partial charge in [-0.3, -0.25) is 0 Å². The monoisotopic (exact) mass is 381 g/mol. The van der Waals surface area contributed by atoms with Gasteiger partial charge in [0.2, 0.25) is 0 Å². The zero-order chi connectivity index (χ0) is 18.7. The fourth-order valence-electron chi connectivity index (χ4n) is 5.23. The molecule has 1 aliphatic heterocycles. The predicted molar refractivity (Wildman–Crippen MR) is 119 cm³/mol. The van der Waals surface area contributed by atoms with E-state index in [1.807, 2.05) is 6.07 Å². The van der Waals surface area contributed by atoms with E-state index in [4.69, 9.17) is 11.6 Å². The second kappa shape index (κ2) is 6.12. The molecule has 0 fully saturated rings. The van der Waals surface area contributed by atoms with Gasteiger partial charge in [-0.05, 0) is 69.3 Å². The lowest BCUT2D eigenvalue weighted by molar-refractivity contribution is 0.429. The first-order chi connectivity index (χ1) is 13.8. The minimum absolute atomic E-state index is 0.268. The quantitative estimate of drug-likeness (QED) is 0.266. The van der Waals surface area contributed by atoms with Crippen LogP contribution >= 0.6 is 11.6 Å². The van der Waals surface area contributed by atoms with E-state index < -0.39 is 0 Å². The van der Waals surface area contributed by atoms with E-state index in [9.17, 15) is 0 Å². The Kier molecular flexibility index (Phi) is 3.54. The van der Waals surface area contributed by atoms with Crippen LogP contribution in [0.15, 0.2) is 84.9 Å². The summed E-state index contributed by atoms with van der Waals surface area (Å²) >= 11 is 6.32. The number of rotatable bonds is 1. The second-order valence-corrected chi connectivity index (χ2v) is 8.38. The van der Waals surface area contributed by atoms with Gasteiger partial charge in [-0.1, -0.05) is 72.3 Å². The summed E-state index contributed by atoms with van der Waals surface area (Å²) in [5.41, 5.74) is 3.96. The molecule has 0 bridgehead atoms. The first-order valence-corrected chi connectivity index (χ1v) is 10.3. The highest BCUT2D eigenvalue weighted by Gasteiger charge is 2.39. The molecule has 0 unspecified atom stereocenters. The first-order valence-electron chi connectivity index (χ1n) is 9.92. The molecule has 0 saturated carbocycles. The summed E-state index contributed by atoms with van der Waals surface area (Å²) < 4.78 is 0. The standard InChI is InChI=1S/C26H20ClN/c27-18-12-13-24-23(15-18)21-10-5-11-22(21)26(28-24)25-19-8-3-1-6-16(19)14-17-7-2-4-9-20(17)25/h1-10,12-15,21-22,26,28H,11H2/t21-,22+,26-/m1/s1. The van der Waals surface area contributed by atoms with Gasteiger partial charge < -0.3 is 5.32 Å². The van der Waals surface area contributed by atoms with Gasteiger partial charge in [-0.2, -0.15) is 0 Å². The van der Waals surface area contributed by atoms with E-state index in [1.54, 1.807) is 0 Å². The predicted octanol–water partition coefficient (Wildman–Crippen LogP) is 7.47. The molecule has 28 heavy (non-hydrogen) atoms. The number of fused-ring (bicyclic) bond motifs is 5. The minimum Gasteiger partial charge on any atom is -0.378 e. The molecule has 0 spiro atoms. The Bertz CT molecular complexity index is 1200. The number of hydrogen-bond donors (Lipinski definition) is 1. The van der Waals surface area contributed by atoms with Crippen LogP contribution in [-0.2, 0) is 0 Å². The summed E-state index contributed by atoms with van der Waals surface area (Å²) in [7, 11) is 0. The number of benzene rings is 4. The van der Waals surface area contributed by atoms with Crippen molar-refractivity contribution in [3.05, 3.63) is 101 Å². The normalized spacial score (nSPS) is 22.8. The summed E-state index contributed by atoms with van der Waals surface area (Å²) in [6.45, 7) is 0. The maximum Gasteiger partial charge on any atom is 0.0566 e. The molecule has 1 nitrogen and oxygen atoms in total. The molecule has 6 rings (SSSR count). The zero-order valence-corrected chi connectivity index (χ0v) is 16.2. The van der Waals surface area contributed by atoms with Crippen LogP contribution in [0.5, 0.6) is 0 Å². The highest BCUT2D eigenvalue weighted by Crippen LogP contribution is 2.52. The molecule has 4 aromatic carbocycles. The van der Waals surface area contributed by atoms with Crippen LogP contribution in [0, 0.1) is 5.92 Å². The van der Waals surface area contributed by atoms with Crippen LogP contribution in [0.4, 0.5) is 5.69 Å². The van der Waals surface area contributed by atoms with Crippen molar-refractivity contribution in [2.24, 2.45) is 5.92 Å². The van der Waals surface area contributed by atoms with Crippen molar-refractivity contribution in [2.45, 2.75) is 18.4 Å². The molecule has 2 aliphatic rings. The average molecular weight is 382 g/mol. The van der Waals surface area contributed by atoms with Crippen molar-refractivity contribution in [2.75, 3.05) is 5.32 Å². The molecule has 1 aliphatic carbocycles. The Morgan fingerprint density at radius 2 is 1.54 bits per heavy atom. The Hall–Kier alpha value is -2.77. The summed E-state index contributed by atoms with van der Waals surface area (Å²) in [5.74, 6) is 0.915. The number of halogens is 1. The largest absolute Gasteiger partial charge is 0.378 e. The lowest BCUT2D eigenvalue weighted by Crippen LogP contribution is -2.29. The molecule has 0 radical (unpaired) electrons. The molecular formula is C26H20ClN. The zero-order valence-electron chi connectivity index (χ0n) is 15.4. The van der Waals surface area contributed by atoms with Gasteiger partial charge in [0.1, 0.15) is 0 Å². The van der Waals surface area contributed by atoms with Gasteiger partial charge in [0.05, 0.1) is 6.04 Å². The third-order valence-corrected chi connectivity index (χ3v) is 6.68. The number of nitrogens with one attached hydrogen (secondary N) is 1. The number of hydrogen-bond acceptors (Lipinski definition) is 1. The van der Waals surface area contributed by atoms with Crippen molar-refractivity contribution >= 4 is 38.8 Å². The summed E-state index contributed by atoms with van der Waals surface area (Å²) in [5, 5.41) is 10.0. The van der Waals surface area contributed by atoms with Crippen molar-refractivity contribution in [1.29, 1.82) is 0 Å². The lowest BCUT2D eigenvalue weighted by Gasteiger charge is -2.38. The van der Waals surface area contributed by atoms with Crippen LogP contribution in [0.25, 0.3) is 21.5 Å². The van der Waals surface area contributed by atoms with E-state index in [-0.39, 0.29) is 6.04 Å². The highest BCUT2D eigenvalue weighted by atomic mass is 35.5. The molecule has 3 atom stereocenters. The highest BCUT2D eigenvalue weighted by molar-refractivity contribution is 6.30. The molecule has 136 valence electrons. The lowest BCUT2D eigenvalue weighted by atomic mass is 9.75. The molecule has 0 saturated heterocycles. The van der Waals surface area contributed by atoms with Gasteiger partial charge in [0, 0.05) is 16.6 Å². The smallest absolute Gasteiger partial charge is 0.0566 e. The third-order valence-electron chi connectivity index (χ3n) is 6.45. The third kappa shape index (κ3) is 2.33. The molecular weight excluding hydrogens is 362 g/mol. The van der Waals surface area contributed by atoms with Gasteiger partial charge in [0.15, 0.2) is 0 Å². The molecule has 1 N–H and O–H groups in total. The van der Waals surface area contributed by atoms with Crippen molar-refractivity contribution in [1.82, 2.24) is 0 Å². The van der Waals surface area contributed by atoms with Crippen molar-refractivity contribution < 1.29 is 0 Å². The van der Waals surface area contributed by atoms with Crippen LogP contribution in [0.3, 0.4) is 0 Å². The van der Waals surface area contributed by atoms with E-state index >= 15 is 0 Å². The maximum atomic E-state index is 6.32. The Balaban J connectivity index is 1.64. The minimum atomic E-state index is 0.268. The first kappa shape index (κ1) is 16.2. The van der Waals surface area contributed by atoms with Gasteiger partial charge in [-0.25, -0.2) is 0 Å². The van der Waals surface area contributed by atoms with Gasteiger partial charge >= 0.3 is 0 Å². The fraction of sp³-hybridized carbons (Fsp3) is 0.154. The number of anilines is 1. The van der Waals surface area contributed by atoms with Crippen LogP contribution in [-0.4, -0.2) is 0 Å². The summed E-state index contributed by atoms with van der Waals surface area (Å²) in [6.07, 6.45) is 5.81. The van der Waals surface area contributed by atoms with E-state index in [0.717, 1.165) is 11.4 Å². The second-order valence-electron chi connectivity index (χ2n) is 7.94. The van der Waals surface area contributed by atoms with E-state index in [0.29, 0.717) is 11.8 Å². The molecule has 0 aromatic heterocycles. The number of allylic oxidation sites excluding steroid dienone is 2. The van der Waals surface area contributed by atoms with Crippen LogP contribution in [0.2, 0.25) is 5.02 Å². The Labute approximate surface area is 169 Å². The Morgan fingerprint density at radius 1 is 0.821 bits per heavy atom. The van der Waals surface area contributed by atoms with Crippen molar-refractivity contribution in [3.63, 3.8) is 0 Å². The van der Waals surface area contributed by atoms with Crippen LogP contribution < -0.4 is 5.32 Å². The average Bonchev–Trinajstić information content (AvgIpc) is 3.22.